The lowest BCUT2D eigenvalue weighted by Gasteiger charge is -2.08. The molecule has 0 radical (unpaired) electrons. The standard InChI is InChI=1S/C15H11BrN2O4S/c1-21-8-2-3-10(16)9(6-8)15(20)22-7-12-17-11-4-5-23-13(11)14(19)18-12/h2-6H,7H2,1H3,(H,17,18,19). The molecule has 2 aromatic heterocycles. The molecule has 0 bridgehead atoms. The number of fused-ring (bicyclic) bond motifs is 1. The number of benzene rings is 1. The molecule has 3 aromatic rings. The van der Waals surface area contributed by atoms with Gasteiger partial charge in [-0.2, -0.15) is 0 Å². The number of ether oxygens (including phenoxy) is 2. The summed E-state index contributed by atoms with van der Waals surface area (Å²) in [6.07, 6.45) is 0. The number of rotatable bonds is 4. The van der Waals surface area contributed by atoms with E-state index in [-0.39, 0.29) is 12.2 Å². The van der Waals surface area contributed by atoms with Crippen molar-refractivity contribution in [1.82, 2.24) is 9.97 Å². The molecule has 0 atom stereocenters. The summed E-state index contributed by atoms with van der Waals surface area (Å²) in [5.41, 5.74) is 0.689. The van der Waals surface area contributed by atoms with Crippen molar-refractivity contribution < 1.29 is 14.3 Å². The van der Waals surface area contributed by atoms with Crippen LogP contribution in [-0.2, 0) is 11.3 Å². The number of nitrogens with zero attached hydrogens (tertiary/aromatic N) is 1. The maximum atomic E-state index is 12.2. The first kappa shape index (κ1) is 15.7. The zero-order valence-electron chi connectivity index (χ0n) is 12.0. The van der Waals surface area contributed by atoms with Gasteiger partial charge in [-0.15, -0.1) is 11.3 Å². The average molecular weight is 395 g/mol. The summed E-state index contributed by atoms with van der Waals surface area (Å²) in [6, 6.07) is 6.75. The van der Waals surface area contributed by atoms with E-state index < -0.39 is 5.97 Å². The molecule has 3 rings (SSSR count). The average Bonchev–Trinajstić information content (AvgIpc) is 3.02. The number of thiophene rings is 1. The van der Waals surface area contributed by atoms with E-state index >= 15 is 0 Å². The topological polar surface area (TPSA) is 81.3 Å². The van der Waals surface area contributed by atoms with Crippen molar-refractivity contribution in [2.75, 3.05) is 7.11 Å². The van der Waals surface area contributed by atoms with Crippen LogP contribution >= 0.6 is 27.3 Å². The Labute approximate surface area is 143 Å². The monoisotopic (exact) mass is 394 g/mol. The van der Waals surface area contributed by atoms with Gasteiger partial charge in [0.2, 0.25) is 0 Å². The molecule has 0 unspecified atom stereocenters. The van der Waals surface area contributed by atoms with Crippen molar-refractivity contribution in [2.24, 2.45) is 0 Å². The van der Waals surface area contributed by atoms with Crippen molar-refractivity contribution in [2.45, 2.75) is 6.61 Å². The molecule has 0 fully saturated rings. The van der Waals surface area contributed by atoms with Crippen molar-refractivity contribution in [3.05, 3.63) is 55.9 Å². The number of carbonyl (C=O) groups excluding carboxylic acids is 1. The molecule has 0 amide bonds. The van der Waals surface area contributed by atoms with E-state index in [2.05, 4.69) is 25.9 Å². The second-order valence-corrected chi connectivity index (χ2v) is 6.34. The zero-order chi connectivity index (χ0) is 16.4. The quantitative estimate of drug-likeness (QED) is 0.687. The number of esters is 1. The van der Waals surface area contributed by atoms with Crippen LogP contribution in [0.25, 0.3) is 10.2 Å². The van der Waals surface area contributed by atoms with E-state index in [1.165, 1.54) is 18.4 Å². The number of carbonyl (C=O) groups is 1. The van der Waals surface area contributed by atoms with E-state index in [4.69, 9.17) is 9.47 Å². The van der Waals surface area contributed by atoms with Crippen molar-refractivity contribution in [1.29, 1.82) is 0 Å². The van der Waals surface area contributed by atoms with Crippen LogP contribution in [0.3, 0.4) is 0 Å². The Morgan fingerprint density at radius 3 is 3.00 bits per heavy atom. The molecule has 0 aliphatic rings. The zero-order valence-corrected chi connectivity index (χ0v) is 14.4. The highest BCUT2D eigenvalue weighted by Crippen LogP contribution is 2.23. The summed E-state index contributed by atoms with van der Waals surface area (Å²) in [5, 5.41) is 1.79. The lowest BCUT2D eigenvalue weighted by atomic mass is 10.2. The summed E-state index contributed by atoms with van der Waals surface area (Å²) in [4.78, 5) is 30.9. The van der Waals surface area contributed by atoms with E-state index in [1.807, 2.05) is 0 Å². The van der Waals surface area contributed by atoms with Crippen molar-refractivity contribution in [3.63, 3.8) is 0 Å². The Balaban J connectivity index is 1.79. The molecule has 1 aromatic carbocycles. The predicted octanol–water partition coefficient (Wildman–Crippen LogP) is 3.11. The first-order valence-electron chi connectivity index (χ1n) is 6.55. The Bertz CT molecular complexity index is 935. The molecule has 8 heteroatoms. The highest BCUT2D eigenvalue weighted by Gasteiger charge is 2.14. The first-order chi connectivity index (χ1) is 11.1. The highest BCUT2D eigenvalue weighted by molar-refractivity contribution is 9.10. The summed E-state index contributed by atoms with van der Waals surface area (Å²) in [7, 11) is 1.52. The molecule has 0 saturated heterocycles. The predicted molar refractivity (Wildman–Crippen MR) is 90.1 cm³/mol. The summed E-state index contributed by atoms with van der Waals surface area (Å²) >= 11 is 4.61. The van der Waals surface area contributed by atoms with Gasteiger partial charge in [0, 0.05) is 4.47 Å². The fourth-order valence-corrected chi connectivity index (χ4v) is 3.12. The van der Waals surface area contributed by atoms with Gasteiger partial charge in [-0.25, -0.2) is 9.78 Å². The van der Waals surface area contributed by atoms with Crippen LogP contribution in [0, 0.1) is 0 Å². The third-order valence-corrected chi connectivity index (χ3v) is 4.69. The summed E-state index contributed by atoms with van der Waals surface area (Å²) < 4.78 is 11.5. The van der Waals surface area contributed by atoms with Crippen LogP contribution in [-0.4, -0.2) is 23.0 Å². The summed E-state index contributed by atoms with van der Waals surface area (Å²) in [5.74, 6) is 0.309. The minimum absolute atomic E-state index is 0.122. The molecule has 0 saturated carbocycles. The Morgan fingerprint density at radius 1 is 1.39 bits per heavy atom. The van der Waals surface area contributed by atoms with Crippen LogP contribution in [0.4, 0.5) is 0 Å². The Hall–Kier alpha value is -2.19. The third-order valence-electron chi connectivity index (χ3n) is 3.10. The lowest BCUT2D eigenvalue weighted by molar-refractivity contribution is 0.0461. The van der Waals surface area contributed by atoms with Gasteiger partial charge >= 0.3 is 5.97 Å². The second kappa shape index (κ2) is 6.51. The number of hydrogen-bond acceptors (Lipinski definition) is 6. The lowest BCUT2D eigenvalue weighted by Crippen LogP contribution is -2.13. The number of halogens is 1. The smallest absolute Gasteiger partial charge is 0.339 e. The van der Waals surface area contributed by atoms with Gasteiger partial charge in [-0.1, -0.05) is 0 Å². The van der Waals surface area contributed by atoms with Gasteiger partial charge in [-0.3, -0.25) is 4.79 Å². The SMILES string of the molecule is COc1ccc(Br)c(C(=O)OCc2nc3ccsc3c(=O)[nH]2)c1. The number of H-pyrrole nitrogens is 1. The number of aromatic amines is 1. The van der Waals surface area contributed by atoms with E-state index in [9.17, 15) is 9.59 Å². The molecule has 6 nitrogen and oxygen atoms in total. The molecule has 1 N–H and O–H groups in total. The third kappa shape index (κ3) is 3.27. The molecule has 0 spiro atoms. The van der Waals surface area contributed by atoms with Gasteiger partial charge in [0.05, 0.1) is 18.2 Å². The van der Waals surface area contributed by atoms with Crippen LogP contribution in [0.5, 0.6) is 5.75 Å². The Morgan fingerprint density at radius 2 is 2.22 bits per heavy atom. The van der Waals surface area contributed by atoms with Crippen LogP contribution in [0.1, 0.15) is 16.2 Å². The minimum atomic E-state index is -0.538. The Kier molecular flexibility index (Phi) is 4.44. The number of methoxy groups -OCH3 is 1. The molecule has 0 aliphatic heterocycles. The van der Waals surface area contributed by atoms with Gasteiger partial charge in [0.15, 0.2) is 0 Å². The fourth-order valence-electron chi connectivity index (χ4n) is 1.99. The highest BCUT2D eigenvalue weighted by atomic mass is 79.9. The van der Waals surface area contributed by atoms with Crippen molar-refractivity contribution >= 4 is 43.5 Å². The number of nitrogens with one attached hydrogen (secondary N) is 1. The van der Waals surface area contributed by atoms with Crippen molar-refractivity contribution in [3.8, 4) is 5.75 Å². The molecule has 2 heterocycles. The summed E-state index contributed by atoms with van der Waals surface area (Å²) in [6.45, 7) is -0.122. The normalized spacial score (nSPS) is 10.7. The second-order valence-electron chi connectivity index (χ2n) is 4.57. The molecule has 118 valence electrons. The van der Waals surface area contributed by atoms with E-state index in [0.29, 0.717) is 31.8 Å². The van der Waals surface area contributed by atoms with Gasteiger partial charge in [-0.05, 0) is 45.6 Å². The number of aromatic nitrogens is 2. The molecule has 0 aliphatic carbocycles. The maximum Gasteiger partial charge on any atom is 0.339 e. The van der Waals surface area contributed by atoms with E-state index in [1.54, 1.807) is 29.6 Å². The molecular formula is C15H11BrN2O4S. The molecular weight excluding hydrogens is 384 g/mol. The minimum Gasteiger partial charge on any atom is -0.497 e. The van der Waals surface area contributed by atoms with Gasteiger partial charge in [0.1, 0.15) is 22.9 Å². The van der Waals surface area contributed by atoms with Crippen LogP contribution < -0.4 is 10.3 Å². The number of hydrogen-bond donors (Lipinski definition) is 1. The molecule has 23 heavy (non-hydrogen) atoms. The van der Waals surface area contributed by atoms with E-state index in [0.717, 1.165) is 0 Å². The van der Waals surface area contributed by atoms with Crippen LogP contribution in [0.15, 0.2) is 38.9 Å². The largest absolute Gasteiger partial charge is 0.497 e. The van der Waals surface area contributed by atoms with Crippen LogP contribution in [0.2, 0.25) is 0 Å². The fraction of sp³-hybridized carbons (Fsp3) is 0.133. The van der Waals surface area contributed by atoms with Gasteiger partial charge < -0.3 is 14.5 Å². The van der Waals surface area contributed by atoms with Gasteiger partial charge in [0.25, 0.3) is 5.56 Å². The maximum absolute atomic E-state index is 12.2. The first-order valence-corrected chi connectivity index (χ1v) is 8.23.